The fourth-order valence-corrected chi connectivity index (χ4v) is 4.49. The second kappa shape index (κ2) is 19.1. The first kappa shape index (κ1) is 36.9. The van der Waals surface area contributed by atoms with Crippen molar-refractivity contribution in [1.82, 2.24) is 0 Å². The molecule has 0 spiro atoms. The van der Waals surface area contributed by atoms with Gasteiger partial charge in [0.25, 0.3) is 0 Å². The predicted molar refractivity (Wildman–Crippen MR) is 196 cm³/mol. The van der Waals surface area contributed by atoms with E-state index in [0.29, 0.717) is 22.5 Å². The van der Waals surface area contributed by atoms with Crippen molar-refractivity contribution in [2.75, 3.05) is 0 Å². The molecule has 0 aromatic heterocycles. The summed E-state index contributed by atoms with van der Waals surface area (Å²) in [7, 11) is 0. The minimum atomic E-state index is -0.0997. The molecule has 6 rings (SSSR count). The number of rotatable bonds is 8. The number of hydrogen-bond donors (Lipinski definition) is 0. The molecule has 0 aliphatic heterocycles. The summed E-state index contributed by atoms with van der Waals surface area (Å²) in [6.07, 6.45) is 3.10. The van der Waals surface area contributed by atoms with Crippen LogP contribution in [0.5, 0.6) is 11.5 Å². The Hall–Kier alpha value is -4.96. The molecule has 0 N–H and O–H groups in total. The Kier molecular flexibility index (Phi) is 14.4. The van der Waals surface area contributed by atoms with Crippen molar-refractivity contribution in [3.8, 4) is 11.5 Å². The molecule has 0 atom stereocenters. The van der Waals surface area contributed by atoms with E-state index >= 15 is 0 Å². The van der Waals surface area contributed by atoms with Crippen LogP contribution in [0.2, 0.25) is 0 Å². The topological polar surface area (TPSA) is 120 Å². The third-order valence-electron chi connectivity index (χ3n) is 6.42. The zero-order valence-electron chi connectivity index (χ0n) is 26.0. The van der Waals surface area contributed by atoms with Gasteiger partial charge in [-0.25, -0.2) is 0 Å². The number of halogens is 2. The molecule has 0 saturated heterocycles. The van der Waals surface area contributed by atoms with E-state index in [1.807, 2.05) is 109 Å². The van der Waals surface area contributed by atoms with Gasteiger partial charge in [-0.05, 0) is 108 Å². The van der Waals surface area contributed by atoms with Crippen LogP contribution in [0.4, 0.5) is 34.1 Å². The van der Waals surface area contributed by atoms with Gasteiger partial charge >= 0.3 is 19.5 Å². The minimum Gasteiger partial charge on any atom is -0.872 e. The van der Waals surface area contributed by atoms with E-state index in [-0.39, 0.29) is 31.0 Å². The van der Waals surface area contributed by atoms with Gasteiger partial charge in [0.05, 0.1) is 34.1 Å². The number of benzene rings is 6. The van der Waals surface area contributed by atoms with Gasteiger partial charge in [0.15, 0.2) is 0 Å². The number of hydrogen-bond acceptors (Lipinski definition) is 8. The van der Waals surface area contributed by atoms with Crippen molar-refractivity contribution in [1.29, 1.82) is 0 Å². The molecule has 49 heavy (non-hydrogen) atoms. The van der Waals surface area contributed by atoms with Crippen molar-refractivity contribution < 1.29 is 29.7 Å². The van der Waals surface area contributed by atoms with Gasteiger partial charge in [-0.15, -0.1) is 0 Å². The Labute approximate surface area is 313 Å². The van der Waals surface area contributed by atoms with Crippen LogP contribution in [0, 0.1) is 0 Å². The first-order valence-electron chi connectivity index (χ1n) is 14.6. The Morgan fingerprint density at radius 3 is 1.08 bits per heavy atom. The summed E-state index contributed by atoms with van der Waals surface area (Å²) in [6.45, 7) is 0. The zero-order valence-corrected chi connectivity index (χ0v) is 32.1. The maximum atomic E-state index is 11.9. The molecule has 0 bridgehead atoms. The summed E-state index contributed by atoms with van der Waals surface area (Å²) in [4.78, 5) is 8.61. The first-order chi connectivity index (χ1) is 23.4. The standard InChI is InChI=1S/2C19H14BrN3O.Zn/c2*20-15-6-8-17(9-7-15)22-23-18-10-11-19(24)14(12-18)13-21-16-4-2-1-3-5-16;/h2*1-13,24H;/q;;+2/p-2. The summed E-state index contributed by atoms with van der Waals surface area (Å²) in [5.74, 6) is -0.199. The van der Waals surface area contributed by atoms with E-state index in [2.05, 4.69) is 62.3 Å². The second-order valence-corrected chi connectivity index (χ2v) is 11.8. The third-order valence-corrected chi connectivity index (χ3v) is 7.48. The Balaban J connectivity index is 0.000000216. The molecule has 0 aliphatic rings. The molecule has 11 heteroatoms. The van der Waals surface area contributed by atoms with Crippen LogP contribution in [0.3, 0.4) is 0 Å². The number of aliphatic imine (C=N–C) groups is 2. The average molecular weight is 824 g/mol. The molecule has 0 radical (unpaired) electrons. The van der Waals surface area contributed by atoms with Gasteiger partial charge in [0.1, 0.15) is 0 Å². The molecular weight excluding hydrogens is 798 g/mol. The molecule has 236 valence electrons. The fourth-order valence-electron chi connectivity index (χ4n) is 3.96. The molecule has 0 amide bonds. The van der Waals surface area contributed by atoms with E-state index < -0.39 is 0 Å². The Bertz CT molecular complexity index is 1910. The van der Waals surface area contributed by atoms with Crippen LogP contribution >= 0.6 is 31.9 Å². The summed E-state index contributed by atoms with van der Waals surface area (Å²) < 4.78 is 1.97. The van der Waals surface area contributed by atoms with Crippen molar-refractivity contribution >= 4 is 78.4 Å². The number of azo groups is 2. The van der Waals surface area contributed by atoms with Crippen molar-refractivity contribution in [2.45, 2.75) is 0 Å². The van der Waals surface area contributed by atoms with Gasteiger partial charge < -0.3 is 10.2 Å². The largest absolute Gasteiger partial charge is 2.00 e. The molecule has 0 saturated carbocycles. The first-order valence-corrected chi connectivity index (χ1v) is 16.1. The van der Waals surface area contributed by atoms with Gasteiger partial charge in [0, 0.05) is 21.4 Å². The van der Waals surface area contributed by atoms with Crippen LogP contribution in [0.15, 0.2) is 185 Å². The van der Waals surface area contributed by atoms with Gasteiger partial charge in [-0.2, -0.15) is 20.5 Å². The van der Waals surface area contributed by atoms with Crippen LogP contribution in [-0.4, -0.2) is 12.4 Å². The summed E-state index contributed by atoms with van der Waals surface area (Å²) in [5, 5.41) is 40.5. The molecule has 6 aromatic carbocycles. The van der Waals surface area contributed by atoms with E-state index in [1.165, 1.54) is 12.1 Å². The third kappa shape index (κ3) is 12.2. The maximum Gasteiger partial charge on any atom is 2.00 e. The van der Waals surface area contributed by atoms with Crippen molar-refractivity contribution in [2.24, 2.45) is 30.4 Å². The number of para-hydroxylation sites is 2. The SMILES string of the molecule is [O-]c1ccc(N=Nc2ccc(Br)cc2)cc1C=Nc1ccccc1.[O-]c1ccc(N=Nc2ccc(Br)cc2)cc1C=Nc1ccccc1.[Zn+2]. The smallest absolute Gasteiger partial charge is 0.872 e. The molecule has 0 unspecified atom stereocenters. The monoisotopic (exact) mass is 820 g/mol. The van der Waals surface area contributed by atoms with E-state index in [9.17, 15) is 10.2 Å². The summed E-state index contributed by atoms with van der Waals surface area (Å²) in [5.41, 5.74) is 5.22. The van der Waals surface area contributed by atoms with Gasteiger partial charge in [-0.1, -0.05) is 91.9 Å². The summed E-state index contributed by atoms with van der Waals surface area (Å²) >= 11 is 6.75. The van der Waals surface area contributed by atoms with E-state index in [4.69, 9.17) is 0 Å². The van der Waals surface area contributed by atoms with Crippen LogP contribution in [0.1, 0.15) is 11.1 Å². The molecule has 8 nitrogen and oxygen atoms in total. The summed E-state index contributed by atoms with van der Waals surface area (Å²) in [6, 6.07) is 43.5. The van der Waals surface area contributed by atoms with Crippen molar-refractivity contribution in [3.05, 3.63) is 166 Å². The molecular formula is C38H26Br2N6O2Zn. The maximum absolute atomic E-state index is 11.9. The number of nitrogens with zero attached hydrogens (tertiary/aromatic N) is 6. The quantitative estimate of drug-likeness (QED) is 0.0862. The normalized spacial score (nSPS) is 11.1. The zero-order chi connectivity index (χ0) is 33.6. The minimum absolute atomic E-state index is 0. The van der Waals surface area contributed by atoms with Gasteiger partial charge in [-0.3, -0.25) is 9.98 Å². The molecule has 0 aliphatic carbocycles. The van der Waals surface area contributed by atoms with Crippen LogP contribution in [-0.2, 0) is 19.5 Å². The van der Waals surface area contributed by atoms with Crippen LogP contribution in [0.25, 0.3) is 0 Å². The van der Waals surface area contributed by atoms with E-state index in [0.717, 1.165) is 31.7 Å². The molecule has 6 aromatic rings. The van der Waals surface area contributed by atoms with Crippen LogP contribution < -0.4 is 10.2 Å². The van der Waals surface area contributed by atoms with Gasteiger partial charge in [0.2, 0.25) is 0 Å². The predicted octanol–water partition coefficient (Wildman–Crippen LogP) is 11.4. The Morgan fingerprint density at radius 1 is 0.388 bits per heavy atom. The fraction of sp³-hybridized carbons (Fsp3) is 0. The Morgan fingerprint density at radius 2 is 0.714 bits per heavy atom. The molecule has 0 heterocycles. The van der Waals surface area contributed by atoms with E-state index in [1.54, 1.807) is 36.7 Å². The second-order valence-electron chi connectivity index (χ2n) is 9.98. The average Bonchev–Trinajstić information content (AvgIpc) is 3.12. The van der Waals surface area contributed by atoms with Crippen molar-refractivity contribution in [3.63, 3.8) is 0 Å². The molecule has 0 fully saturated rings.